The summed E-state index contributed by atoms with van der Waals surface area (Å²) in [7, 11) is 0. The fourth-order valence-corrected chi connectivity index (χ4v) is 6.96. The lowest BCUT2D eigenvalue weighted by molar-refractivity contribution is -0.147. The molecule has 2 aromatic rings. The van der Waals surface area contributed by atoms with Crippen molar-refractivity contribution in [3.8, 4) is 30.4 Å². The molecule has 0 aliphatic heterocycles. The van der Waals surface area contributed by atoms with Gasteiger partial charge in [0, 0.05) is 37.7 Å². The molecule has 1 aliphatic carbocycles. The lowest BCUT2D eigenvalue weighted by Gasteiger charge is -2.25. The topological polar surface area (TPSA) is 155 Å². The quantitative estimate of drug-likeness (QED) is 0.0250. The monoisotopic (exact) mass is 800 g/mol. The number of unbranched alkanes of at least 4 members (excludes halogenated alkanes) is 3. The fourth-order valence-electron chi connectivity index (χ4n) is 6.96. The van der Waals surface area contributed by atoms with Gasteiger partial charge < -0.3 is 33.9 Å². The Kier molecular flexibility index (Phi) is 21.8. The van der Waals surface area contributed by atoms with Crippen molar-refractivity contribution in [3.63, 3.8) is 0 Å². The van der Waals surface area contributed by atoms with E-state index in [0.29, 0.717) is 88.2 Å². The first kappa shape index (κ1) is 47.3. The molecule has 2 aromatic carbocycles. The maximum Gasteiger partial charge on any atom is 0.514 e. The fraction of sp³-hybridized carbons (Fsp3) is 0.532. The molecular weight excluding hydrogens is 741 g/mol. The standard InChI is InChI=1S/C47H60O11/c1-5-7-12-24-44(50)54-32-36-21-18-23-43(40(36)33-55-45(51)25-13-8-6-2)58-47(53)57-37(28-27-35-19-14-11-15-20-35)29-30-39-38(41(48)31-42(39)49)22-16-9-10-17-26-46(52)56-34(3)4/h1-2,9,11,14-16,18-21,23,34,37-39,41-42,48-49H,7-8,10,12-13,17,22,24-33H2,3-4H3/b16-9-/t37-,38+,39+,41-,42+/m0/s1. The van der Waals surface area contributed by atoms with Crippen molar-refractivity contribution >= 4 is 24.1 Å². The minimum Gasteiger partial charge on any atom is -0.463 e. The Labute approximate surface area is 343 Å². The number of esters is 3. The molecule has 11 nitrogen and oxygen atoms in total. The molecule has 0 radical (unpaired) electrons. The van der Waals surface area contributed by atoms with Gasteiger partial charge in [0.25, 0.3) is 0 Å². The number of aryl methyl sites for hydroxylation is 1. The van der Waals surface area contributed by atoms with Crippen molar-refractivity contribution in [2.75, 3.05) is 0 Å². The highest BCUT2D eigenvalue weighted by Gasteiger charge is 2.41. The molecule has 0 unspecified atom stereocenters. The molecule has 3 rings (SSSR count). The number of allylic oxidation sites excluding steroid dienone is 2. The molecule has 1 aliphatic rings. The summed E-state index contributed by atoms with van der Waals surface area (Å²) in [4.78, 5) is 50.2. The van der Waals surface area contributed by atoms with E-state index in [-0.39, 0.29) is 62.1 Å². The zero-order valence-electron chi connectivity index (χ0n) is 34.0. The molecule has 0 spiro atoms. The summed E-state index contributed by atoms with van der Waals surface area (Å²) in [5.74, 6) is 3.50. The van der Waals surface area contributed by atoms with Crippen LogP contribution in [0.3, 0.4) is 0 Å². The minimum atomic E-state index is -0.966. The number of carbonyl (C=O) groups excluding carboxylic acids is 4. The summed E-state index contributed by atoms with van der Waals surface area (Å²) in [6.45, 7) is 3.24. The van der Waals surface area contributed by atoms with E-state index >= 15 is 0 Å². The van der Waals surface area contributed by atoms with Gasteiger partial charge in [0.05, 0.1) is 18.3 Å². The molecule has 0 saturated heterocycles. The highest BCUT2D eigenvalue weighted by Crippen LogP contribution is 2.39. The summed E-state index contributed by atoms with van der Waals surface area (Å²) in [6.07, 6.45) is 18.0. The molecule has 1 saturated carbocycles. The van der Waals surface area contributed by atoms with Crippen LogP contribution in [-0.2, 0) is 53.0 Å². The lowest BCUT2D eigenvalue weighted by Crippen LogP contribution is -2.26. The van der Waals surface area contributed by atoms with Gasteiger partial charge in [-0.15, -0.1) is 24.7 Å². The Bertz CT molecular complexity index is 1690. The zero-order valence-corrected chi connectivity index (χ0v) is 34.0. The third-order valence-corrected chi connectivity index (χ3v) is 9.99. The van der Waals surface area contributed by atoms with Crippen molar-refractivity contribution < 1.29 is 53.1 Å². The van der Waals surface area contributed by atoms with E-state index in [4.69, 9.17) is 36.5 Å². The Morgan fingerprint density at radius 2 is 1.43 bits per heavy atom. The Morgan fingerprint density at radius 3 is 2.10 bits per heavy atom. The number of terminal acetylenes is 2. The summed E-state index contributed by atoms with van der Waals surface area (Å²) in [6, 6.07) is 14.7. The Morgan fingerprint density at radius 1 is 0.776 bits per heavy atom. The molecule has 5 atom stereocenters. The van der Waals surface area contributed by atoms with Gasteiger partial charge in [-0.05, 0) is 107 Å². The highest BCUT2D eigenvalue weighted by atomic mass is 16.7. The molecule has 2 N–H and O–H groups in total. The predicted octanol–water partition coefficient (Wildman–Crippen LogP) is 8.10. The minimum absolute atomic E-state index is 0.0853. The van der Waals surface area contributed by atoms with Crippen LogP contribution in [-0.4, -0.2) is 58.7 Å². The maximum atomic E-state index is 13.5. The Balaban J connectivity index is 1.71. The van der Waals surface area contributed by atoms with Crippen LogP contribution < -0.4 is 4.74 Å². The summed E-state index contributed by atoms with van der Waals surface area (Å²) < 4.78 is 27.9. The van der Waals surface area contributed by atoms with E-state index in [1.54, 1.807) is 18.2 Å². The molecule has 0 heterocycles. The second kappa shape index (κ2) is 26.7. The van der Waals surface area contributed by atoms with Crippen LogP contribution in [0.15, 0.2) is 60.7 Å². The maximum absolute atomic E-state index is 13.5. The van der Waals surface area contributed by atoms with E-state index in [2.05, 4.69) is 11.8 Å². The van der Waals surface area contributed by atoms with Crippen LogP contribution in [0.5, 0.6) is 5.75 Å². The van der Waals surface area contributed by atoms with Gasteiger partial charge in [0.1, 0.15) is 25.1 Å². The van der Waals surface area contributed by atoms with Crippen LogP contribution in [0, 0.1) is 36.5 Å². The van der Waals surface area contributed by atoms with Gasteiger partial charge >= 0.3 is 24.1 Å². The van der Waals surface area contributed by atoms with Crippen molar-refractivity contribution in [1.82, 2.24) is 0 Å². The van der Waals surface area contributed by atoms with Crippen molar-refractivity contribution in [2.45, 2.75) is 148 Å². The number of ether oxygens (including phenoxy) is 5. The largest absolute Gasteiger partial charge is 0.514 e. The lowest BCUT2D eigenvalue weighted by atomic mass is 9.85. The zero-order chi connectivity index (χ0) is 42.1. The average Bonchev–Trinajstić information content (AvgIpc) is 3.46. The molecule has 314 valence electrons. The Hall–Kier alpha value is -5.10. The first-order valence-corrected chi connectivity index (χ1v) is 20.4. The smallest absolute Gasteiger partial charge is 0.463 e. The number of hydrogen-bond donors (Lipinski definition) is 2. The predicted molar refractivity (Wildman–Crippen MR) is 219 cm³/mol. The van der Waals surface area contributed by atoms with E-state index in [0.717, 1.165) is 5.56 Å². The third kappa shape index (κ3) is 18.0. The van der Waals surface area contributed by atoms with Gasteiger partial charge in [-0.3, -0.25) is 14.4 Å². The SMILES string of the molecule is C#CCCCC(=O)OCc1cccc(OC(=O)O[C@@H](CCc2ccccc2)CC[C@@H]2[C@@H](C/C=C\CCCC(=O)OC(C)C)[C@@H](O)C[C@H]2O)c1COC(=O)CCCC#C. The van der Waals surface area contributed by atoms with Crippen molar-refractivity contribution in [1.29, 1.82) is 0 Å². The van der Waals surface area contributed by atoms with Crippen LogP contribution in [0.2, 0.25) is 0 Å². The summed E-state index contributed by atoms with van der Waals surface area (Å²) >= 11 is 0. The number of aliphatic hydroxyl groups is 2. The second-order valence-electron chi connectivity index (χ2n) is 14.9. The van der Waals surface area contributed by atoms with Crippen molar-refractivity contribution in [2.24, 2.45) is 11.8 Å². The normalized spacial score (nSPS) is 17.9. The second-order valence-corrected chi connectivity index (χ2v) is 14.9. The molecule has 58 heavy (non-hydrogen) atoms. The number of rotatable bonds is 25. The van der Waals surface area contributed by atoms with Crippen LogP contribution in [0.1, 0.15) is 120 Å². The molecule has 11 heteroatoms. The van der Waals surface area contributed by atoms with E-state index in [1.807, 2.05) is 56.3 Å². The van der Waals surface area contributed by atoms with Crippen LogP contribution >= 0.6 is 0 Å². The average molecular weight is 801 g/mol. The summed E-state index contributed by atoms with van der Waals surface area (Å²) in [5.41, 5.74) is 1.89. The van der Waals surface area contributed by atoms with Crippen molar-refractivity contribution in [3.05, 3.63) is 77.4 Å². The molecule has 1 fully saturated rings. The number of hydrogen-bond acceptors (Lipinski definition) is 11. The highest BCUT2D eigenvalue weighted by molar-refractivity contribution is 5.71. The van der Waals surface area contributed by atoms with E-state index in [1.165, 1.54) is 0 Å². The molecule has 0 bridgehead atoms. The van der Waals surface area contributed by atoms with Gasteiger partial charge in [-0.1, -0.05) is 54.6 Å². The van der Waals surface area contributed by atoms with Crippen LogP contribution in [0.4, 0.5) is 4.79 Å². The molecule has 0 aromatic heterocycles. The van der Waals surface area contributed by atoms with Crippen LogP contribution in [0.25, 0.3) is 0 Å². The molecular formula is C47H60O11. The van der Waals surface area contributed by atoms with Gasteiger partial charge in [-0.2, -0.15) is 0 Å². The number of benzene rings is 2. The first-order valence-electron chi connectivity index (χ1n) is 20.4. The van der Waals surface area contributed by atoms with E-state index < -0.39 is 36.4 Å². The summed E-state index contributed by atoms with van der Waals surface area (Å²) in [5, 5.41) is 21.9. The van der Waals surface area contributed by atoms with E-state index in [9.17, 15) is 29.4 Å². The first-order chi connectivity index (χ1) is 28.0. The van der Waals surface area contributed by atoms with Gasteiger partial charge in [0.15, 0.2) is 0 Å². The number of carbonyl (C=O) groups is 4. The number of aliphatic hydroxyl groups excluding tert-OH is 2. The third-order valence-electron chi connectivity index (χ3n) is 9.99. The van der Waals surface area contributed by atoms with Gasteiger partial charge in [-0.25, -0.2) is 4.79 Å². The van der Waals surface area contributed by atoms with Gasteiger partial charge in [0.2, 0.25) is 0 Å². The molecule has 0 amide bonds.